The minimum absolute atomic E-state index is 0. The van der Waals surface area contributed by atoms with Crippen molar-refractivity contribution in [1.29, 1.82) is 0 Å². The van der Waals surface area contributed by atoms with Gasteiger partial charge >= 0.3 is 0 Å². The van der Waals surface area contributed by atoms with E-state index in [1.807, 2.05) is 0 Å². The average Bonchev–Trinajstić information content (AvgIpc) is 2.74. The van der Waals surface area contributed by atoms with E-state index in [-0.39, 0.29) is 25.5 Å². The van der Waals surface area contributed by atoms with E-state index >= 15 is 0 Å². The molecule has 8 heteroatoms. The van der Waals surface area contributed by atoms with E-state index in [9.17, 15) is 0 Å². The average molecular weight is 426 g/mol. The van der Waals surface area contributed by atoms with Crippen molar-refractivity contribution in [3.8, 4) is 0 Å². The molecule has 29 heavy (non-hydrogen) atoms. The zero-order valence-electron chi connectivity index (χ0n) is 18.4. The lowest BCUT2D eigenvalue weighted by Gasteiger charge is -2.24. The van der Waals surface area contributed by atoms with E-state index < -0.39 is 0 Å². The first-order valence-electron chi connectivity index (χ1n) is 10.7. The van der Waals surface area contributed by atoms with Crippen LogP contribution in [0.15, 0.2) is 0 Å². The molecule has 2 heterocycles. The van der Waals surface area contributed by atoms with Gasteiger partial charge in [-0.15, -0.1) is 0 Å². The normalized spacial score (nSPS) is 23.0. The Morgan fingerprint density at radius 3 is 1.66 bits per heavy atom. The Kier molecular flexibility index (Phi) is 27.5. The molecular formula is C21H51N3O5. The molecule has 2 unspecified atom stereocenters. The van der Waals surface area contributed by atoms with E-state index in [1.54, 1.807) is 0 Å². The standard InChI is InChI=1S/C10H21NO2.C10H20O2.CH4.H4N2.H2O/c1-9(5-6-11)8-13-10-4-2-3-7-12-10;1-3-9(2)8-12-10-6-4-5-7-11-10;;1-2;/h9-10H,2-8,11H2,1H3;9-10H,3-8H2,1-2H3;1H4;1-2H2;1H2/t2*9-,10?;;;/m11.../s1. The van der Waals surface area contributed by atoms with Gasteiger partial charge in [-0.2, -0.15) is 0 Å². The summed E-state index contributed by atoms with van der Waals surface area (Å²) in [4.78, 5) is 0. The smallest absolute Gasteiger partial charge is 0.157 e. The predicted molar refractivity (Wildman–Crippen MR) is 120 cm³/mol. The second kappa shape index (κ2) is 24.0. The molecule has 0 aliphatic carbocycles. The van der Waals surface area contributed by atoms with Crippen LogP contribution < -0.4 is 17.4 Å². The summed E-state index contributed by atoms with van der Waals surface area (Å²) < 4.78 is 22.1. The van der Waals surface area contributed by atoms with Gasteiger partial charge in [0.2, 0.25) is 0 Å². The van der Waals surface area contributed by atoms with Gasteiger partial charge in [0.05, 0.1) is 13.2 Å². The minimum Gasteiger partial charge on any atom is -0.412 e. The highest BCUT2D eigenvalue weighted by Gasteiger charge is 2.15. The molecule has 0 aromatic carbocycles. The number of rotatable bonds is 9. The highest BCUT2D eigenvalue weighted by atomic mass is 16.7. The van der Waals surface area contributed by atoms with Crippen LogP contribution in [0.5, 0.6) is 0 Å². The molecule has 0 saturated carbocycles. The van der Waals surface area contributed by atoms with Crippen LogP contribution in [0.4, 0.5) is 0 Å². The summed E-state index contributed by atoms with van der Waals surface area (Å²) in [5.41, 5.74) is 5.45. The molecule has 2 saturated heterocycles. The van der Waals surface area contributed by atoms with Gasteiger partial charge in [-0.05, 0) is 63.3 Å². The summed E-state index contributed by atoms with van der Waals surface area (Å²) in [6.45, 7) is 10.7. The molecular weight excluding hydrogens is 374 g/mol. The Hall–Kier alpha value is -0.320. The molecule has 180 valence electrons. The fraction of sp³-hybridized carbons (Fsp3) is 1.00. The van der Waals surface area contributed by atoms with Gasteiger partial charge in [-0.25, -0.2) is 0 Å². The van der Waals surface area contributed by atoms with Crippen LogP contribution in [0, 0.1) is 11.8 Å². The zero-order chi connectivity index (χ0) is 20.3. The van der Waals surface area contributed by atoms with Gasteiger partial charge in [0.25, 0.3) is 0 Å². The molecule has 0 amide bonds. The lowest BCUT2D eigenvalue weighted by molar-refractivity contribution is -0.168. The third kappa shape index (κ3) is 19.4. The Morgan fingerprint density at radius 1 is 0.862 bits per heavy atom. The van der Waals surface area contributed by atoms with Gasteiger partial charge in [0.15, 0.2) is 12.6 Å². The third-order valence-electron chi connectivity index (χ3n) is 4.77. The summed E-state index contributed by atoms with van der Waals surface area (Å²) in [5, 5.41) is 0. The van der Waals surface area contributed by atoms with Crippen molar-refractivity contribution in [3.05, 3.63) is 0 Å². The van der Waals surface area contributed by atoms with Gasteiger partial charge in [-0.3, -0.25) is 11.7 Å². The lowest BCUT2D eigenvalue weighted by Crippen LogP contribution is -2.25. The fourth-order valence-corrected chi connectivity index (χ4v) is 2.71. The van der Waals surface area contributed by atoms with Gasteiger partial charge in [0.1, 0.15) is 0 Å². The van der Waals surface area contributed by atoms with Crippen LogP contribution >= 0.6 is 0 Å². The van der Waals surface area contributed by atoms with Crippen molar-refractivity contribution in [2.24, 2.45) is 29.3 Å². The zero-order valence-corrected chi connectivity index (χ0v) is 18.4. The fourth-order valence-electron chi connectivity index (χ4n) is 2.71. The SMILES string of the molecule is C.CC[C@@H](C)COC1CCCCO1.C[C@H](CCN)COC1CCCCO1.NN.O. The van der Waals surface area contributed by atoms with Crippen LogP contribution in [-0.4, -0.2) is 51.0 Å². The highest BCUT2D eigenvalue weighted by Crippen LogP contribution is 2.16. The number of nitrogens with two attached hydrogens (primary N) is 3. The minimum atomic E-state index is 0. The van der Waals surface area contributed by atoms with Crippen molar-refractivity contribution in [2.75, 3.05) is 33.0 Å². The lowest BCUT2D eigenvalue weighted by atomic mass is 10.1. The van der Waals surface area contributed by atoms with E-state index in [2.05, 4.69) is 32.5 Å². The topological polar surface area (TPSA) is 146 Å². The molecule has 8 nitrogen and oxygen atoms in total. The van der Waals surface area contributed by atoms with E-state index in [4.69, 9.17) is 24.7 Å². The second-order valence-electron chi connectivity index (χ2n) is 7.45. The van der Waals surface area contributed by atoms with E-state index in [0.717, 1.165) is 52.2 Å². The first-order valence-corrected chi connectivity index (χ1v) is 10.7. The van der Waals surface area contributed by atoms with Crippen molar-refractivity contribution >= 4 is 0 Å². The first kappa shape index (κ1) is 33.3. The van der Waals surface area contributed by atoms with Crippen molar-refractivity contribution in [2.45, 2.75) is 92.1 Å². The van der Waals surface area contributed by atoms with Crippen LogP contribution in [0.3, 0.4) is 0 Å². The van der Waals surface area contributed by atoms with Crippen LogP contribution in [-0.2, 0) is 18.9 Å². The predicted octanol–water partition coefficient (Wildman–Crippen LogP) is 2.72. The second-order valence-corrected chi connectivity index (χ2v) is 7.45. The summed E-state index contributed by atoms with van der Waals surface area (Å²) >= 11 is 0. The molecule has 0 aromatic heterocycles. The van der Waals surface area contributed by atoms with Crippen molar-refractivity contribution in [1.82, 2.24) is 0 Å². The molecule has 2 aliphatic heterocycles. The van der Waals surface area contributed by atoms with Crippen molar-refractivity contribution in [3.63, 3.8) is 0 Å². The molecule has 8 N–H and O–H groups in total. The van der Waals surface area contributed by atoms with Crippen LogP contribution in [0.1, 0.15) is 79.6 Å². The first-order chi connectivity index (χ1) is 13.2. The van der Waals surface area contributed by atoms with E-state index in [0.29, 0.717) is 11.8 Å². The molecule has 0 radical (unpaired) electrons. The summed E-state index contributed by atoms with van der Waals surface area (Å²) in [6, 6.07) is 0. The summed E-state index contributed by atoms with van der Waals surface area (Å²) in [5.74, 6) is 9.21. The Morgan fingerprint density at radius 2 is 1.31 bits per heavy atom. The Bertz CT molecular complexity index is 302. The van der Waals surface area contributed by atoms with Crippen LogP contribution in [0.25, 0.3) is 0 Å². The maximum Gasteiger partial charge on any atom is 0.157 e. The third-order valence-corrected chi connectivity index (χ3v) is 4.77. The quantitative estimate of drug-likeness (QED) is 0.380. The number of hydrogen-bond donors (Lipinski definition) is 3. The Balaban J connectivity index is -0.000000404. The monoisotopic (exact) mass is 425 g/mol. The molecule has 2 rings (SSSR count). The molecule has 2 fully saturated rings. The largest absolute Gasteiger partial charge is 0.412 e. The maximum atomic E-state index is 5.62. The molecule has 0 bridgehead atoms. The number of ether oxygens (including phenoxy) is 4. The van der Waals surface area contributed by atoms with Gasteiger partial charge in [-0.1, -0.05) is 34.6 Å². The molecule has 2 aliphatic rings. The summed E-state index contributed by atoms with van der Waals surface area (Å²) in [7, 11) is 0. The highest BCUT2D eigenvalue weighted by molar-refractivity contribution is 4.57. The van der Waals surface area contributed by atoms with Gasteiger partial charge in [0, 0.05) is 13.2 Å². The summed E-state index contributed by atoms with van der Waals surface area (Å²) in [6.07, 6.45) is 9.36. The van der Waals surface area contributed by atoms with Crippen LogP contribution in [0.2, 0.25) is 0 Å². The van der Waals surface area contributed by atoms with Crippen molar-refractivity contribution < 1.29 is 24.4 Å². The molecule has 0 aromatic rings. The number of hydrogen-bond acceptors (Lipinski definition) is 7. The Labute approximate surface area is 179 Å². The van der Waals surface area contributed by atoms with E-state index in [1.165, 1.54) is 32.1 Å². The van der Waals surface area contributed by atoms with Gasteiger partial charge < -0.3 is 30.2 Å². The molecule has 4 atom stereocenters. The number of hydrazine groups is 1. The molecule has 0 spiro atoms. The maximum absolute atomic E-state index is 5.62.